The van der Waals surface area contributed by atoms with Crippen molar-refractivity contribution in [2.45, 2.75) is 13.8 Å². The lowest BCUT2D eigenvalue weighted by Crippen LogP contribution is -2.22. The standard InChI is InChI=1S/C23H22N2O3/c1-16-9-8-13-20(17(16)2)25-22(26)15-28-21-14-7-6-12-19(21)23(27)24-18-10-4-3-5-11-18/h3-14H,15H2,1-2H3,(H,24,27)(H,25,26). The van der Waals surface area contributed by atoms with Gasteiger partial charge in [0.1, 0.15) is 5.75 Å². The second-order valence-electron chi connectivity index (χ2n) is 6.40. The zero-order valence-electron chi connectivity index (χ0n) is 15.9. The topological polar surface area (TPSA) is 67.4 Å². The molecule has 2 N–H and O–H groups in total. The molecule has 0 saturated carbocycles. The first kappa shape index (κ1) is 19.2. The van der Waals surface area contributed by atoms with Gasteiger partial charge in [0, 0.05) is 11.4 Å². The van der Waals surface area contributed by atoms with Crippen LogP contribution in [0, 0.1) is 13.8 Å². The van der Waals surface area contributed by atoms with Crippen molar-refractivity contribution in [1.29, 1.82) is 0 Å². The van der Waals surface area contributed by atoms with Crippen molar-refractivity contribution >= 4 is 23.2 Å². The number of ether oxygens (including phenoxy) is 1. The molecule has 3 aromatic rings. The van der Waals surface area contributed by atoms with Crippen LogP contribution in [0.2, 0.25) is 0 Å². The van der Waals surface area contributed by atoms with E-state index >= 15 is 0 Å². The molecule has 0 aliphatic heterocycles. The van der Waals surface area contributed by atoms with Gasteiger partial charge in [0.05, 0.1) is 5.56 Å². The number of anilines is 2. The summed E-state index contributed by atoms with van der Waals surface area (Å²) >= 11 is 0. The van der Waals surface area contributed by atoms with Crippen LogP contribution in [0.5, 0.6) is 5.75 Å². The summed E-state index contributed by atoms with van der Waals surface area (Å²) in [5.41, 5.74) is 3.92. The lowest BCUT2D eigenvalue weighted by atomic mass is 10.1. The van der Waals surface area contributed by atoms with E-state index in [1.54, 1.807) is 36.4 Å². The Kier molecular flexibility index (Phi) is 6.07. The van der Waals surface area contributed by atoms with Crippen LogP contribution >= 0.6 is 0 Å². The quantitative estimate of drug-likeness (QED) is 0.664. The molecule has 0 radical (unpaired) electrons. The zero-order chi connectivity index (χ0) is 19.9. The molecule has 5 nitrogen and oxygen atoms in total. The van der Waals surface area contributed by atoms with Crippen LogP contribution in [0.3, 0.4) is 0 Å². The molecular weight excluding hydrogens is 352 g/mol. The number of amides is 2. The lowest BCUT2D eigenvalue weighted by Gasteiger charge is -2.13. The Morgan fingerprint density at radius 3 is 2.32 bits per heavy atom. The predicted molar refractivity (Wildman–Crippen MR) is 111 cm³/mol. The summed E-state index contributed by atoms with van der Waals surface area (Å²) in [6.07, 6.45) is 0. The van der Waals surface area contributed by atoms with E-state index < -0.39 is 0 Å². The SMILES string of the molecule is Cc1cccc(NC(=O)COc2ccccc2C(=O)Nc2ccccc2)c1C. The van der Waals surface area contributed by atoms with E-state index in [4.69, 9.17) is 4.74 Å². The number of carbonyl (C=O) groups excluding carboxylic acids is 2. The van der Waals surface area contributed by atoms with E-state index in [-0.39, 0.29) is 18.4 Å². The van der Waals surface area contributed by atoms with Gasteiger partial charge in [-0.2, -0.15) is 0 Å². The summed E-state index contributed by atoms with van der Waals surface area (Å²) in [5, 5.41) is 5.67. The first-order chi connectivity index (χ1) is 13.5. The molecule has 0 heterocycles. The third-order valence-electron chi connectivity index (χ3n) is 4.40. The summed E-state index contributed by atoms with van der Waals surface area (Å²) < 4.78 is 5.63. The van der Waals surface area contributed by atoms with Crippen molar-refractivity contribution in [2.75, 3.05) is 17.2 Å². The molecule has 0 spiro atoms. The van der Waals surface area contributed by atoms with Gasteiger partial charge in [-0.1, -0.05) is 42.5 Å². The molecule has 0 fully saturated rings. The van der Waals surface area contributed by atoms with Crippen molar-refractivity contribution in [2.24, 2.45) is 0 Å². The molecule has 0 aliphatic carbocycles. The molecule has 0 bridgehead atoms. The van der Waals surface area contributed by atoms with Crippen LogP contribution in [-0.4, -0.2) is 18.4 Å². The molecule has 0 unspecified atom stereocenters. The van der Waals surface area contributed by atoms with E-state index in [2.05, 4.69) is 10.6 Å². The average molecular weight is 374 g/mol. The number of rotatable bonds is 6. The van der Waals surface area contributed by atoms with Gasteiger partial charge in [0.15, 0.2) is 6.61 Å². The first-order valence-corrected chi connectivity index (χ1v) is 8.99. The van der Waals surface area contributed by atoms with Gasteiger partial charge in [-0.25, -0.2) is 0 Å². The van der Waals surface area contributed by atoms with Crippen LogP contribution < -0.4 is 15.4 Å². The average Bonchev–Trinajstić information content (AvgIpc) is 2.71. The van der Waals surface area contributed by atoms with Crippen LogP contribution in [0.1, 0.15) is 21.5 Å². The fraction of sp³-hybridized carbons (Fsp3) is 0.130. The summed E-state index contributed by atoms with van der Waals surface area (Å²) in [7, 11) is 0. The molecule has 5 heteroatoms. The Morgan fingerprint density at radius 2 is 1.54 bits per heavy atom. The largest absolute Gasteiger partial charge is 0.483 e. The monoisotopic (exact) mass is 374 g/mol. The predicted octanol–water partition coefficient (Wildman–Crippen LogP) is 4.57. The Hall–Kier alpha value is -3.60. The third-order valence-corrected chi connectivity index (χ3v) is 4.40. The third kappa shape index (κ3) is 4.76. The maximum absolute atomic E-state index is 12.6. The molecule has 28 heavy (non-hydrogen) atoms. The Morgan fingerprint density at radius 1 is 0.821 bits per heavy atom. The number of carbonyl (C=O) groups is 2. The van der Waals surface area contributed by atoms with Gasteiger partial charge in [-0.05, 0) is 55.3 Å². The summed E-state index contributed by atoms with van der Waals surface area (Å²) in [6, 6.07) is 21.7. The molecule has 0 saturated heterocycles. The van der Waals surface area contributed by atoms with Gasteiger partial charge >= 0.3 is 0 Å². The van der Waals surface area contributed by atoms with Crippen LogP contribution in [0.4, 0.5) is 11.4 Å². The van der Waals surface area contributed by atoms with Crippen molar-refractivity contribution in [3.8, 4) is 5.75 Å². The summed E-state index contributed by atoms with van der Waals surface area (Å²) in [5.74, 6) is -0.226. The highest BCUT2D eigenvalue weighted by molar-refractivity contribution is 6.06. The maximum Gasteiger partial charge on any atom is 0.262 e. The molecule has 0 aromatic heterocycles. The molecule has 3 aromatic carbocycles. The number of para-hydroxylation sites is 2. The fourth-order valence-electron chi connectivity index (χ4n) is 2.72. The number of nitrogens with one attached hydrogen (secondary N) is 2. The van der Waals surface area contributed by atoms with Crippen molar-refractivity contribution in [1.82, 2.24) is 0 Å². The molecule has 3 rings (SSSR count). The highest BCUT2D eigenvalue weighted by atomic mass is 16.5. The number of benzene rings is 3. The normalized spacial score (nSPS) is 10.2. The van der Waals surface area contributed by atoms with Crippen molar-refractivity contribution in [3.63, 3.8) is 0 Å². The van der Waals surface area contributed by atoms with Crippen molar-refractivity contribution < 1.29 is 14.3 Å². The fourth-order valence-corrected chi connectivity index (χ4v) is 2.72. The molecule has 0 aliphatic rings. The van der Waals surface area contributed by atoms with E-state index in [0.717, 1.165) is 16.8 Å². The van der Waals surface area contributed by atoms with Gasteiger partial charge in [-0.3, -0.25) is 9.59 Å². The minimum Gasteiger partial charge on any atom is -0.483 e. The molecular formula is C23H22N2O3. The van der Waals surface area contributed by atoms with Gasteiger partial charge in [-0.15, -0.1) is 0 Å². The zero-order valence-corrected chi connectivity index (χ0v) is 15.9. The van der Waals surface area contributed by atoms with E-state index in [0.29, 0.717) is 17.0 Å². The molecule has 142 valence electrons. The smallest absolute Gasteiger partial charge is 0.262 e. The molecule has 2 amide bonds. The van der Waals surface area contributed by atoms with Crippen LogP contribution in [0.15, 0.2) is 72.8 Å². The Balaban J connectivity index is 1.65. The van der Waals surface area contributed by atoms with E-state index in [1.807, 2.05) is 50.2 Å². The Labute approximate surface area is 164 Å². The second-order valence-corrected chi connectivity index (χ2v) is 6.40. The highest BCUT2D eigenvalue weighted by Gasteiger charge is 2.14. The second kappa shape index (κ2) is 8.86. The van der Waals surface area contributed by atoms with E-state index in [9.17, 15) is 9.59 Å². The Bertz CT molecular complexity index is 984. The van der Waals surface area contributed by atoms with Crippen molar-refractivity contribution in [3.05, 3.63) is 89.5 Å². The summed E-state index contributed by atoms with van der Waals surface area (Å²) in [6.45, 7) is 3.75. The van der Waals surface area contributed by atoms with Crippen LogP contribution in [-0.2, 0) is 4.79 Å². The lowest BCUT2D eigenvalue weighted by molar-refractivity contribution is -0.118. The minimum atomic E-state index is -0.295. The highest BCUT2D eigenvalue weighted by Crippen LogP contribution is 2.21. The maximum atomic E-state index is 12.6. The first-order valence-electron chi connectivity index (χ1n) is 8.99. The molecule has 0 atom stereocenters. The van der Waals surface area contributed by atoms with E-state index in [1.165, 1.54) is 0 Å². The number of hydrogen-bond donors (Lipinski definition) is 2. The number of hydrogen-bond acceptors (Lipinski definition) is 3. The minimum absolute atomic E-state index is 0.191. The van der Waals surface area contributed by atoms with Crippen LogP contribution in [0.25, 0.3) is 0 Å². The number of aryl methyl sites for hydroxylation is 1. The van der Waals surface area contributed by atoms with Gasteiger partial charge in [0.2, 0.25) is 0 Å². The summed E-state index contributed by atoms with van der Waals surface area (Å²) in [4.78, 5) is 24.8. The van der Waals surface area contributed by atoms with Gasteiger partial charge in [0.25, 0.3) is 11.8 Å². The van der Waals surface area contributed by atoms with Gasteiger partial charge < -0.3 is 15.4 Å².